The summed E-state index contributed by atoms with van der Waals surface area (Å²) < 4.78 is 8.69. The topological polar surface area (TPSA) is 63.3 Å². The maximum absolute atomic E-state index is 11.7. The molecular formula is C40H44IrNO3S-. The number of nitrogens with zero attached hydrogens (tertiary/aromatic N) is 1. The third kappa shape index (κ3) is 7.62. The van der Waals surface area contributed by atoms with Gasteiger partial charge >= 0.3 is 0 Å². The predicted molar refractivity (Wildman–Crippen MR) is 191 cm³/mol. The molecule has 1 radical (unpaired) electrons. The molecule has 46 heavy (non-hydrogen) atoms. The number of hydrogen-bond acceptors (Lipinski definition) is 5. The van der Waals surface area contributed by atoms with E-state index in [0.29, 0.717) is 5.92 Å². The Labute approximate surface area is 290 Å². The predicted octanol–water partition coefficient (Wildman–Crippen LogP) is 11.9. The number of thiophene rings is 1. The molecule has 6 heteroatoms. The van der Waals surface area contributed by atoms with Gasteiger partial charge in [-0.25, -0.2) is 0 Å². The largest absolute Gasteiger partial charge is 0.512 e. The molecule has 3 aromatic heterocycles. The molecule has 0 amide bonds. The molecule has 0 unspecified atom stereocenters. The normalized spacial score (nSPS) is 12.0. The molecule has 243 valence electrons. The average molecular weight is 811 g/mol. The van der Waals surface area contributed by atoms with Gasteiger partial charge in [0.2, 0.25) is 0 Å². The van der Waals surface area contributed by atoms with Crippen molar-refractivity contribution in [3.8, 4) is 11.3 Å². The van der Waals surface area contributed by atoms with E-state index < -0.39 is 0 Å². The summed E-state index contributed by atoms with van der Waals surface area (Å²) >= 11 is 1.77. The smallest absolute Gasteiger partial charge is 0.162 e. The van der Waals surface area contributed by atoms with E-state index >= 15 is 0 Å². The second kappa shape index (κ2) is 16.0. The van der Waals surface area contributed by atoms with E-state index in [-0.39, 0.29) is 43.5 Å². The van der Waals surface area contributed by atoms with Crippen molar-refractivity contribution in [3.63, 3.8) is 0 Å². The van der Waals surface area contributed by atoms with Gasteiger partial charge in [0, 0.05) is 65.4 Å². The van der Waals surface area contributed by atoms with Crippen LogP contribution in [0.15, 0.2) is 83.1 Å². The second-order valence-corrected chi connectivity index (χ2v) is 13.3. The summed E-state index contributed by atoms with van der Waals surface area (Å²) in [5.41, 5.74) is 4.40. The van der Waals surface area contributed by atoms with Gasteiger partial charge in [0.15, 0.2) is 5.78 Å². The minimum absolute atomic E-state index is 0. The zero-order valence-corrected chi connectivity index (χ0v) is 30.9. The molecule has 0 saturated carbocycles. The summed E-state index contributed by atoms with van der Waals surface area (Å²) in [5, 5.41) is 14.4. The molecule has 0 aliphatic rings. The summed E-state index contributed by atoms with van der Waals surface area (Å²) in [6.45, 7) is 12.6. The minimum Gasteiger partial charge on any atom is -0.512 e. The van der Waals surface area contributed by atoms with Crippen molar-refractivity contribution < 1.29 is 34.4 Å². The molecule has 1 N–H and O–H groups in total. The van der Waals surface area contributed by atoms with Crippen LogP contribution in [0.2, 0.25) is 0 Å². The van der Waals surface area contributed by atoms with E-state index in [4.69, 9.17) is 9.40 Å². The number of aromatic nitrogens is 1. The fraction of sp³-hybridized carbons (Fsp3) is 0.350. The van der Waals surface area contributed by atoms with Crippen LogP contribution >= 0.6 is 11.3 Å². The van der Waals surface area contributed by atoms with E-state index in [2.05, 4.69) is 80.6 Å². The molecule has 0 aliphatic heterocycles. The number of ketones is 1. The molecule has 3 heterocycles. The van der Waals surface area contributed by atoms with Crippen LogP contribution in [0.4, 0.5) is 0 Å². The van der Waals surface area contributed by atoms with E-state index in [9.17, 15) is 9.90 Å². The summed E-state index contributed by atoms with van der Waals surface area (Å²) in [4.78, 5) is 16.4. The van der Waals surface area contributed by atoms with Gasteiger partial charge in [0.25, 0.3) is 0 Å². The van der Waals surface area contributed by atoms with E-state index in [1.807, 2.05) is 33.9 Å². The third-order valence-corrected chi connectivity index (χ3v) is 9.89. The standard InChI is InChI=1S/C27H20NOS.C13H24O2.Ir/c1-16(2)12-19-8-5-9-23-21(19)15-24(29-23)20-10-11-28-26-22-13-17-6-3-4-7-18(17)14-25(22)30-27(20)26;1-5-10(6-2)12(14)9-13(15)11(7-3)8-4;/h3-11,14-16H,12H2,1-2H3;9-11,14H,5-8H2,1-4H3;/q-1;;/b;12-9-;. The third-order valence-electron chi connectivity index (χ3n) is 8.73. The number of aliphatic hydroxyl groups excluding tert-OH is 1. The number of carbonyl (C=O) groups excluding carboxylic acids is 1. The Morgan fingerprint density at radius 3 is 2.37 bits per heavy atom. The van der Waals surface area contributed by atoms with Crippen LogP contribution in [0.3, 0.4) is 0 Å². The van der Waals surface area contributed by atoms with Gasteiger partial charge in [-0.15, -0.1) is 23.6 Å². The molecule has 0 spiro atoms. The molecule has 0 saturated heterocycles. The van der Waals surface area contributed by atoms with Gasteiger partial charge in [-0.2, -0.15) is 11.3 Å². The maximum atomic E-state index is 11.7. The van der Waals surface area contributed by atoms with E-state index in [0.717, 1.165) is 70.0 Å². The van der Waals surface area contributed by atoms with Crippen molar-refractivity contribution in [2.45, 2.75) is 73.6 Å². The van der Waals surface area contributed by atoms with E-state index in [1.165, 1.54) is 27.1 Å². The van der Waals surface area contributed by atoms with Gasteiger partial charge in [0.1, 0.15) is 11.3 Å². The first-order valence-electron chi connectivity index (χ1n) is 16.4. The Morgan fingerprint density at radius 2 is 1.67 bits per heavy atom. The van der Waals surface area contributed by atoms with Crippen molar-refractivity contribution in [1.29, 1.82) is 0 Å². The van der Waals surface area contributed by atoms with Crippen LogP contribution in [0.1, 0.15) is 72.8 Å². The number of benzene rings is 3. The van der Waals surface area contributed by atoms with Gasteiger partial charge in [-0.1, -0.05) is 82.6 Å². The van der Waals surface area contributed by atoms with Crippen LogP contribution in [-0.2, 0) is 31.3 Å². The number of aliphatic hydroxyl groups is 1. The number of hydrogen-bond donors (Lipinski definition) is 1. The fourth-order valence-electron chi connectivity index (χ4n) is 6.09. The second-order valence-electron chi connectivity index (χ2n) is 12.3. The molecule has 6 aromatic rings. The number of rotatable bonds is 10. The SMILES string of the molecule is CC(C)Cc1cccc2oc(-c3ccnc4c3sc3cc5ccccc5[c-]c34)cc12.CCC(CC)C(=O)/C=C(\O)C(CC)CC.[Ir]. The molecule has 3 aromatic carbocycles. The van der Waals surface area contributed by atoms with Crippen LogP contribution in [0.25, 0.3) is 53.4 Å². The Kier molecular flexibility index (Phi) is 12.4. The fourth-order valence-corrected chi connectivity index (χ4v) is 7.27. The molecule has 0 bridgehead atoms. The molecule has 0 fully saturated rings. The first-order valence-corrected chi connectivity index (χ1v) is 17.2. The molecular weight excluding hydrogens is 767 g/mol. The Bertz CT molecular complexity index is 1960. The summed E-state index contributed by atoms with van der Waals surface area (Å²) in [5.74, 6) is 2.06. The van der Waals surface area contributed by atoms with Crippen LogP contribution < -0.4 is 0 Å². The molecule has 6 rings (SSSR count). The zero-order valence-electron chi connectivity index (χ0n) is 27.6. The zero-order chi connectivity index (χ0) is 32.1. The van der Waals surface area contributed by atoms with Gasteiger partial charge in [-0.3, -0.25) is 9.78 Å². The minimum atomic E-state index is 0. The average Bonchev–Trinajstić information content (AvgIpc) is 3.63. The summed E-state index contributed by atoms with van der Waals surface area (Å²) in [6.07, 6.45) is 7.84. The Balaban J connectivity index is 0.000000259. The van der Waals surface area contributed by atoms with Gasteiger partial charge < -0.3 is 9.52 Å². The molecule has 0 aliphatic carbocycles. The summed E-state index contributed by atoms with van der Waals surface area (Å²) in [7, 11) is 0. The van der Waals surface area contributed by atoms with Crippen LogP contribution in [0.5, 0.6) is 0 Å². The van der Waals surface area contributed by atoms with Crippen molar-refractivity contribution in [1.82, 2.24) is 4.98 Å². The van der Waals surface area contributed by atoms with Crippen molar-refractivity contribution in [2.75, 3.05) is 0 Å². The number of allylic oxidation sites excluding steroid dienone is 2. The quantitative estimate of drug-likeness (QED) is 0.0850. The number of carbonyl (C=O) groups is 1. The van der Waals surface area contributed by atoms with Crippen LogP contribution in [0, 0.1) is 23.8 Å². The number of furan rings is 1. The number of pyridine rings is 1. The monoisotopic (exact) mass is 811 g/mol. The van der Waals surface area contributed by atoms with Crippen molar-refractivity contribution >= 4 is 59.2 Å². The first kappa shape index (κ1) is 35.5. The van der Waals surface area contributed by atoms with Gasteiger partial charge in [-0.05, 0) is 66.5 Å². The maximum Gasteiger partial charge on any atom is 0.162 e. The molecule has 4 nitrogen and oxygen atoms in total. The Hall–Kier alpha value is -3.31. The number of fused-ring (bicyclic) bond motifs is 5. The van der Waals surface area contributed by atoms with E-state index in [1.54, 1.807) is 11.3 Å². The molecule has 0 atom stereocenters. The van der Waals surface area contributed by atoms with Crippen molar-refractivity contribution in [3.05, 3.63) is 90.3 Å². The van der Waals surface area contributed by atoms with Crippen LogP contribution in [-0.4, -0.2) is 15.9 Å². The first-order chi connectivity index (χ1) is 21.8. The van der Waals surface area contributed by atoms with Gasteiger partial charge in [0.05, 0.1) is 5.76 Å². The summed E-state index contributed by atoms with van der Waals surface area (Å²) in [6, 6.07) is 24.8. The van der Waals surface area contributed by atoms with Crippen molar-refractivity contribution in [2.24, 2.45) is 17.8 Å². The Morgan fingerprint density at radius 1 is 0.957 bits per heavy atom.